The number of carbonyl (C=O) groups excluding carboxylic acids is 2. The van der Waals surface area contributed by atoms with Gasteiger partial charge in [-0.25, -0.2) is 0 Å². The number of carbonyl (C=O) groups is 2. The van der Waals surface area contributed by atoms with Crippen molar-refractivity contribution in [1.82, 2.24) is 4.90 Å². The Bertz CT molecular complexity index is 942. The van der Waals surface area contributed by atoms with Gasteiger partial charge in [0.2, 0.25) is 0 Å². The lowest BCUT2D eigenvalue weighted by Gasteiger charge is -2.15. The van der Waals surface area contributed by atoms with Gasteiger partial charge in [0.05, 0.1) is 31.5 Å². The van der Waals surface area contributed by atoms with Crippen LogP contribution in [0.2, 0.25) is 10.0 Å². The Balaban J connectivity index is 2.08. The van der Waals surface area contributed by atoms with Crippen LogP contribution in [0.15, 0.2) is 48.2 Å². The van der Waals surface area contributed by atoms with Gasteiger partial charge in [-0.3, -0.25) is 14.5 Å². The summed E-state index contributed by atoms with van der Waals surface area (Å²) in [6.45, 7) is 0.377. The summed E-state index contributed by atoms with van der Waals surface area (Å²) >= 11 is 12.0. The molecule has 0 spiro atoms. The van der Waals surface area contributed by atoms with Gasteiger partial charge >= 0.3 is 0 Å². The zero-order valence-electron chi connectivity index (χ0n) is 15.3. The van der Waals surface area contributed by atoms with Crippen LogP contribution in [0.1, 0.15) is 5.56 Å². The number of rotatable bonds is 7. The van der Waals surface area contributed by atoms with Crippen LogP contribution in [0.3, 0.4) is 0 Å². The molecule has 6 nitrogen and oxygen atoms in total. The molecule has 0 saturated heterocycles. The molecule has 1 aliphatic rings. The first-order valence-electron chi connectivity index (χ1n) is 8.42. The van der Waals surface area contributed by atoms with Gasteiger partial charge in [-0.05, 0) is 35.9 Å². The van der Waals surface area contributed by atoms with Gasteiger partial charge in [-0.2, -0.15) is 0 Å². The second-order valence-corrected chi connectivity index (χ2v) is 6.85. The van der Waals surface area contributed by atoms with Gasteiger partial charge in [0.25, 0.3) is 11.8 Å². The van der Waals surface area contributed by atoms with E-state index in [0.717, 1.165) is 4.90 Å². The summed E-state index contributed by atoms with van der Waals surface area (Å²) in [5, 5.41) is 4.03. The minimum atomic E-state index is -0.450. The Kier molecular flexibility index (Phi) is 6.24. The van der Waals surface area contributed by atoms with Crippen LogP contribution in [0, 0.1) is 0 Å². The monoisotopic (exact) mass is 420 g/mol. The standard InChI is InChI=1S/C20H18Cl2N2O4/c1-27-10-9-24-19(25)17(12-3-5-13(21)6-4-12)18(20(24)26)23-15-11-14(22)7-8-16(15)28-2/h3-8,11,23H,9-10H2,1-2H3. The van der Waals surface area contributed by atoms with Crippen molar-refractivity contribution in [3.05, 3.63) is 63.8 Å². The van der Waals surface area contributed by atoms with E-state index in [1.165, 1.54) is 14.2 Å². The summed E-state index contributed by atoms with van der Waals surface area (Å²) in [5.41, 5.74) is 1.45. The molecular weight excluding hydrogens is 403 g/mol. The van der Waals surface area contributed by atoms with Gasteiger partial charge < -0.3 is 14.8 Å². The summed E-state index contributed by atoms with van der Waals surface area (Å²) in [5.74, 6) is -0.371. The van der Waals surface area contributed by atoms with E-state index in [1.54, 1.807) is 42.5 Å². The predicted molar refractivity (Wildman–Crippen MR) is 109 cm³/mol. The maximum absolute atomic E-state index is 13.0. The third kappa shape index (κ3) is 3.99. The van der Waals surface area contributed by atoms with Gasteiger partial charge in [-0.15, -0.1) is 0 Å². The molecule has 0 radical (unpaired) electrons. The Morgan fingerprint density at radius 3 is 2.29 bits per heavy atom. The molecule has 1 heterocycles. The lowest BCUT2D eigenvalue weighted by molar-refractivity contribution is -0.137. The second kappa shape index (κ2) is 8.65. The smallest absolute Gasteiger partial charge is 0.278 e. The third-order valence-electron chi connectivity index (χ3n) is 4.24. The van der Waals surface area contributed by atoms with E-state index in [-0.39, 0.29) is 24.4 Å². The van der Waals surface area contributed by atoms with Gasteiger partial charge in [0.15, 0.2) is 0 Å². The summed E-state index contributed by atoms with van der Waals surface area (Å²) in [7, 11) is 3.02. The first kappa shape index (κ1) is 20.2. The number of amides is 2. The number of ether oxygens (including phenoxy) is 2. The number of hydrogen-bond acceptors (Lipinski definition) is 5. The molecule has 0 aromatic heterocycles. The van der Waals surface area contributed by atoms with Crippen molar-refractivity contribution in [2.24, 2.45) is 0 Å². The number of methoxy groups -OCH3 is 2. The van der Waals surface area contributed by atoms with E-state index < -0.39 is 11.8 Å². The average molecular weight is 421 g/mol. The van der Waals surface area contributed by atoms with E-state index in [1.807, 2.05) is 0 Å². The van der Waals surface area contributed by atoms with E-state index in [4.69, 9.17) is 32.7 Å². The lowest BCUT2D eigenvalue weighted by Crippen LogP contribution is -2.35. The topological polar surface area (TPSA) is 67.9 Å². The number of halogens is 2. The highest BCUT2D eigenvalue weighted by Gasteiger charge is 2.39. The second-order valence-electron chi connectivity index (χ2n) is 5.98. The van der Waals surface area contributed by atoms with Gasteiger partial charge in [0, 0.05) is 17.2 Å². The number of hydrogen-bond donors (Lipinski definition) is 1. The minimum Gasteiger partial charge on any atom is -0.495 e. The predicted octanol–water partition coefficient (Wildman–Crippen LogP) is 3.84. The van der Waals surface area contributed by atoms with Crippen LogP contribution >= 0.6 is 23.2 Å². The maximum Gasteiger partial charge on any atom is 0.278 e. The van der Waals surface area contributed by atoms with Crippen LogP contribution in [0.4, 0.5) is 5.69 Å². The molecule has 28 heavy (non-hydrogen) atoms. The zero-order chi connectivity index (χ0) is 20.3. The maximum atomic E-state index is 13.0. The molecule has 146 valence electrons. The number of benzene rings is 2. The van der Waals surface area contributed by atoms with Crippen LogP contribution in [-0.2, 0) is 14.3 Å². The molecule has 0 bridgehead atoms. The molecule has 1 N–H and O–H groups in total. The molecule has 0 atom stereocenters. The third-order valence-corrected chi connectivity index (χ3v) is 4.73. The van der Waals surface area contributed by atoms with Crippen LogP contribution in [-0.4, -0.2) is 44.1 Å². The number of anilines is 1. The average Bonchev–Trinajstić information content (AvgIpc) is 2.91. The highest BCUT2D eigenvalue weighted by molar-refractivity contribution is 6.37. The highest BCUT2D eigenvalue weighted by atomic mass is 35.5. The Labute approximate surface area is 172 Å². The molecule has 3 rings (SSSR count). The van der Waals surface area contributed by atoms with Crippen molar-refractivity contribution in [3.8, 4) is 5.75 Å². The van der Waals surface area contributed by atoms with Crippen molar-refractivity contribution in [2.45, 2.75) is 0 Å². The fourth-order valence-corrected chi connectivity index (χ4v) is 3.17. The Morgan fingerprint density at radius 2 is 1.64 bits per heavy atom. The molecule has 0 unspecified atom stereocenters. The molecule has 2 amide bonds. The number of imide groups is 1. The first-order chi connectivity index (χ1) is 13.5. The molecule has 0 saturated carbocycles. The minimum absolute atomic E-state index is 0.142. The van der Waals surface area contributed by atoms with Gasteiger partial charge in [0.1, 0.15) is 11.4 Å². The van der Waals surface area contributed by atoms with Gasteiger partial charge in [-0.1, -0.05) is 35.3 Å². The van der Waals surface area contributed by atoms with Crippen molar-refractivity contribution >= 4 is 46.3 Å². The van der Waals surface area contributed by atoms with Crippen molar-refractivity contribution in [1.29, 1.82) is 0 Å². The molecule has 0 aliphatic carbocycles. The summed E-state index contributed by atoms with van der Waals surface area (Å²) in [4.78, 5) is 27.1. The SMILES string of the molecule is COCCN1C(=O)C(Nc2cc(Cl)ccc2OC)=C(c2ccc(Cl)cc2)C1=O. The fourth-order valence-electron chi connectivity index (χ4n) is 2.87. The molecule has 1 aliphatic heterocycles. The summed E-state index contributed by atoms with van der Waals surface area (Å²) in [6.07, 6.45) is 0. The molecule has 8 heteroatoms. The van der Waals surface area contributed by atoms with Crippen LogP contribution in [0.25, 0.3) is 5.57 Å². The normalized spacial score (nSPS) is 14.1. The van der Waals surface area contributed by atoms with Crippen LogP contribution < -0.4 is 10.1 Å². The lowest BCUT2D eigenvalue weighted by atomic mass is 10.0. The van der Waals surface area contributed by atoms with E-state index >= 15 is 0 Å². The van der Waals surface area contributed by atoms with Crippen molar-refractivity contribution < 1.29 is 19.1 Å². The first-order valence-corrected chi connectivity index (χ1v) is 9.17. The van der Waals surface area contributed by atoms with E-state index in [2.05, 4.69) is 5.32 Å². The molecule has 2 aromatic carbocycles. The summed E-state index contributed by atoms with van der Waals surface area (Å²) in [6, 6.07) is 11.7. The highest BCUT2D eigenvalue weighted by Crippen LogP contribution is 2.34. The molecule has 2 aromatic rings. The largest absolute Gasteiger partial charge is 0.495 e. The zero-order valence-corrected chi connectivity index (χ0v) is 16.8. The van der Waals surface area contributed by atoms with E-state index in [9.17, 15) is 9.59 Å². The Morgan fingerprint density at radius 1 is 0.964 bits per heavy atom. The van der Waals surface area contributed by atoms with Crippen molar-refractivity contribution in [3.63, 3.8) is 0 Å². The molecule has 0 fully saturated rings. The summed E-state index contributed by atoms with van der Waals surface area (Å²) < 4.78 is 10.4. The van der Waals surface area contributed by atoms with Crippen LogP contribution in [0.5, 0.6) is 5.75 Å². The quantitative estimate of drug-likeness (QED) is 0.689. The Hall–Kier alpha value is -2.54. The fraction of sp³-hybridized carbons (Fsp3) is 0.200. The molecular formula is C20H18Cl2N2O4. The number of nitrogens with zero attached hydrogens (tertiary/aromatic N) is 1. The van der Waals surface area contributed by atoms with E-state index in [0.29, 0.717) is 27.0 Å². The van der Waals surface area contributed by atoms with Crippen molar-refractivity contribution in [2.75, 3.05) is 32.7 Å². The number of nitrogens with one attached hydrogen (secondary N) is 1.